The van der Waals surface area contributed by atoms with Crippen molar-refractivity contribution in [2.45, 2.75) is 45.4 Å². The fourth-order valence-corrected chi connectivity index (χ4v) is 2.46. The third-order valence-corrected chi connectivity index (χ3v) is 3.17. The van der Waals surface area contributed by atoms with Crippen LogP contribution in [-0.4, -0.2) is 0 Å². The minimum absolute atomic E-state index is 0. The van der Waals surface area contributed by atoms with Crippen LogP contribution in [-0.2, 0) is 26.2 Å². The van der Waals surface area contributed by atoms with Gasteiger partial charge in [-0.05, 0) is 0 Å². The Bertz CT molecular complexity index is 228. The molecule has 2 aliphatic carbocycles. The van der Waals surface area contributed by atoms with Gasteiger partial charge in [0, 0.05) is 26.2 Å². The van der Waals surface area contributed by atoms with E-state index in [-0.39, 0.29) is 35.6 Å². The van der Waals surface area contributed by atoms with Gasteiger partial charge in [0.15, 0.2) is 0 Å². The van der Waals surface area contributed by atoms with E-state index in [0.29, 0.717) is 0 Å². The van der Waals surface area contributed by atoms with Crippen molar-refractivity contribution >= 4 is 0 Å². The summed E-state index contributed by atoms with van der Waals surface area (Å²) in [6.07, 6.45) is 14.0. The van der Waals surface area contributed by atoms with E-state index in [9.17, 15) is 0 Å². The molecular formula is C12H19F2Zr-. The molecule has 0 aromatic rings. The van der Waals surface area contributed by atoms with E-state index in [1.165, 1.54) is 37.7 Å². The van der Waals surface area contributed by atoms with Crippen LogP contribution in [0.5, 0.6) is 0 Å². The molecule has 0 aromatic heterocycles. The normalized spacial score (nSPS) is 20.3. The largest absolute Gasteiger partial charge is 0.269 e. The summed E-state index contributed by atoms with van der Waals surface area (Å²) in [5.74, 6) is 0.883. The Balaban J connectivity index is 0. The van der Waals surface area contributed by atoms with Gasteiger partial charge in [-0.25, -0.2) is 5.57 Å². The van der Waals surface area contributed by atoms with Crippen LogP contribution in [0.15, 0.2) is 17.2 Å². The Kier molecular flexibility index (Phi) is 9.84. The fraction of sp³-hybridized carbons (Fsp3) is 0.667. The van der Waals surface area contributed by atoms with Gasteiger partial charge >= 0.3 is 0 Å². The van der Waals surface area contributed by atoms with Gasteiger partial charge < -0.3 is 0 Å². The first-order chi connectivity index (χ1) is 5.88. The van der Waals surface area contributed by atoms with Crippen LogP contribution < -0.4 is 0 Å². The zero-order chi connectivity index (χ0) is 8.39. The van der Waals surface area contributed by atoms with Gasteiger partial charge in [0.05, 0.1) is 0 Å². The van der Waals surface area contributed by atoms with E-state index in [0.717, 1.165) is 12.3 Å². The van der Waals surface area contributed by atoms with Gasteiger partial charge in [-0.3, -0.25) is 15.5 Å². The summed E-state index contributed by atoms with van der Waals surface area (Å²) in [5, 5.41) is 0. The second-order valence-electron chi connectivity index (χ2n) is 4.00. The van der Waals surface area contributed by atoms with Crippen LogP contribution in [0.1, 0.15) is 45.4 Å². The maximum atomic E-state index is 3.39. The topological polar surface area (TPSA) is 0 Å². The van der Waals surface area contributed by atoms with Crippen molar-refractivity contribution in [1.29, 1.82) is 0 Å². The molecule has 0 aliphatic heterocycles. The first-order valence-electron chi connectivity index (χ1n) is 5.16. The molecule has 3 heteroatoms. The molecule has 0 spiro atoms. The van der Waals surface area contributed by atoms with E-state index in [1.54, 1.807) is 5.57 Å². The monoisotopic (exact) mass is 291 g/mol. The van der Waals surface area contributed by atoms with Gasteiger partial charge in [-0.1, -0.05) is 44.9 Å². The Morgan fingerprint density at radius 2 is 1.73 bits per heavy atom. The fourth-order valence-electron chi connectivity index (χ4n) is 2.46. The van der Waals surface area contributed by atoms with E-state index in [4.69, 9.17) is 0 Å². The van der Waals surface area contributed by atoms with Crippen molar-refractivity contribution in [2.24, 2.45) is 5.92 Å². The predicted molar refractivity (Wildman–Crippen MR) is 56.7 cm³/mol. The molecule has 0 heterocycles. The van der Waals surface area contributed by atoms with Gasteiger partial charge in [0.1, 0.15) is 0 Å². The molecule has 2 rings (SSSR count). The number of hydrogen-bond acceptors (Lipinski definition) is 0. The molecule has 0 bridgehead atoms. The molecule has 0 nitrogen and oxygen atoms in total. The zero-order valence-corrected chi connectivity index (χ0v) is 11.7. The molecule has 0 atom stereocenters. The van der Waals surface area contributed by atoms with Crippen LogP contribution in [0.2, 0.25) is 0 Å². The predicted octanol–water partition coefficient (Wildman–Crippen LogP) is 3.95. The third-order valence-electron chi connectivity index (χ3n) is 3.17. The van der Waals surface area contributed by atoms with Crippen LogP contribution in [0, 0.1) is 12.0 Å². The van der Waals surface area contributed by atoms with Crippen LogP contribution in [0.25, 0.3) is 0 Å². The number of rotatable bonds is 1. The molecule has 0 aromatic carbocycles. The van der Waals surface area contributed by atoms with Crippen LogP contribution in [0.4, 0.5) is 9.41 Å². The summed E-state index contributed by atoms with van der Waals surface area (Å²) < 4.78 is 0. The summed E-state index contributed by atoms with van der Waals surface area (Å²) in [5.41, 5.74) is 3.05. The second-order valence-corrected chi connectivity index (χ2v) is 4.00. The Morgan fingerprint density at radius 3 is 2.20 bits per heavy atom. The SMILES string of the molecule is CC1=[C-]CC=C1C1CCCCC1.F.F.[Zr]. The molecule has 15 heavy (non-hydrogen) atoms. The second kappa shape index (κ2) is 8.38. The molecule has 0 radical (unpaired) electrons. The van der Waals surface area contributed by atoms with E-state index < -0.39 is 0 Å². The maximum absolute atomic E-state index is 3.39. The van der Waals surface area contributed by atoms with Gasteiger partial charge in [-0.2, -0.15) is 11.6 Å². The number of halogens is 2. The molecule has 0 amide bonds. The van der Waals surface area contributed by atoms with Gasteiger partial charge in [0.25, 0.3) is 0 Å². The molecule has 0 N–H and O–H groups in total. The summed E-state index contributed by atoms with van der Waals surface area (Å²) in [7, 11) is 0. The van der Waals surface area contributed by atoms with Crippen LogP contribution >= 0.6 is 0 Å². The first kappa shape index (κ1) is 17.6. The summed E-state index contributed by atoms with van der Waals surface area (Å²) >= 11 is 0. The molecule has 2 aliphatic rings. The summed E-state index contributed by atoms with van der Waals surface area (Å²) in [6, 6.07) is 0. The van der Waals surface area contributed by atoms with Crippen molar-refractivity contribution in [2.75, 3.05) is 0 Å². The molecule has 86 valence electrons. The summed E-state index contributed by atoms with van der Waals surface area (Å²) in [4.78, 5) is 0. The van der Waals surface area contributed by atoms with E-state index in [1.807, 2.05) is 0 Å². The molecular weight excluding hydrogens is 273 g/mol. The molecule has 1 saturated carbocycles. The first-order valence-corrected chi connectivity index (χ1v) is 5.16. The molecule has 0 unspecified atom stereocenters. The van der Waals surface area contributed by atoms with Crippen molar-refractivity contribution in [3.05, 3.63) is 23.3 Å². The minimum Gasteiger partial charge on any atom is -0.269 e. The zero-order valence-electron chi connectivity index (χ0n) is 9.21. The number of allylic oxidation sites excluding steroid dienone is 4. The average molecular weight is 293 g/mol. The van der Waals surface area contributed by atoms with Crippen molar-refractivity contribution in [1.82, 2.24) is 0 Å². The van der Waals surface area contributed by atoms with Crippen molar-refractivity contribution in [3.8, 4) is 0 Å². The Hall–Kier alpha value is 0.223. The maximum Gasteiger partial charge on any atom is 0 e. The van der Waals surface area contributed by atoms with Crippen molar-refractivity contribution < 1.29 is 35.6 Å². The standard InChI is InChI=1S/C12H17.2FH.Zr/c1-10-6-5-9-12(10)11-7-3-2-4-8-11;;;/h9,11H,2-5,7-8H2,1H3;2*1H;/q-1;;;. The van der Waals surface area contributed by atoms with E-state index >= 15 is 0 Å². The Labute approximate surface area is 110 Å². The minimum atomic E-state index is 0. The van der Waals surface area contributed by atoms with Gasteiger partial charge in [0.2, 0.25) is 0 Å². The third kappa shape index (κ3) is 4.30. The molecule has 0 saturated heterocycles. The average Bonchev–Trinajstić information content (AvgIpc) is 2.53. The quantitative estimate of drug-likeness (QED) is 0.642. The summed E-state index contributed by atoms with van der Waals surface area (Å²) in [6.45, 7) is 2.22. The Morgan fingerprint density at radius 1 is 1.13 bits per heavy atom. The van der Waals surface area contributed by atoms with Crippen LogP contribution in [0.3, 0.4) is 0 Å². The smallest absolute Gasteiger partial charge is 0 e. The van der Waals surface area contributed by atoms with Crippen molar-refractivity contribution in [3.63, 3.8) is 0 Å². The molecule has 1 fully saturated rings. The number of hydrogen-bond donors (Lipinski definition) is 0. The van der Waals surface area contributed by atoms with E-state index in [2.05, 4.69) is 19.1 Å². The van der Waals surface area contributed by atoms with Gasteiger partial charge in [-0.15, -0.1) is 6.42 Å².